The van der Waals surface area contributed by atoms with Crippen LogP contribution in [0.1, 0.15) is 44.3 Å². The van der Waals surface area contributed by atoms with Crippen LogP contribution in [0.3, 0.4) is 0 Å². The van der Waals surface area contributed by atoms with Crippen molar-refractivity contribution in [2.45, 2.75) is 51.8 Å². The third kappa shape index (κ3) is 4.78. The Balaban J connectivity index is 1.92. The maximum Gasteiger partial charge on any atom is 0.307 e. The Morgan fingerprint density at radius 1 is 1.48 bits per heavy atom. The van der Waals surface area contributed by atoms with Gasteiger partial charge in [0.2, 0.25) is 5.89 Å². The molecule has 0 bridgehead atoms. The van der Waals surface area contributed by atoms with Gasteiger partial charge in [0, 0.05) is 13.2 Å². The van der Waals surface area contributed by atoms with Crippen molar-refractivity contribution in [3.8, 4) is 0 Å². The average Bonchev–Trinajstić information content (AvgIpc) is 2.89. The topological polar surface area (TPSA) is 77.7 Å². The van der Waals surface area contributed by atoms with Gasteiger partial charge < -0.3 is 14.0 Å². The van der Waals surface area contributed by atoms with Gasteiger partial charge >= 0.3 is 5.97 Å². The SMILES string of the molecule is CCOC(=O)CC1CCCCN1Cc1nc(COC)no1. The van der Waals surface area contributed by atoms with E-state index in [0.717, 1.165) is 25.8 Å². The molecule has 7 nitrogen and oxygen atoms in total. The van der Waals surface area contributed by atoms with E-state index in [-0.39, 0.29) is 12.0 Å². The maximum absolute atomic E-state index is 11.7. The Labute approximate surface area is 124 Å². The van der Waals surface area contributed by atoms with Crippen molar-refractivity contribution < 1.29 is 18.8 Å². The van der Waals surface area contributed by atoms with Gasteiger partial charge in [-0.15, -0.1) is 0 Å². The summed E-state index contributed by atoms with van der Waals surface area (Å²) in [5.74, 6) is 0.976. The minimum absolute atomic E-state index is 0.139. The molecule has 0 saturated carbocycles. The zero-order valence-electron chi connectivity index (χ0n) is 12.7. The number of ether oxygens (including phenoxy) is 2. The molecule has 1 aliphatic heterocycles. The number of piperidine rings is 1. The molecule has 1 saturated heterocycles. The summed E-state index contributed by atoms with van der Waals surface area (Å²) in [6, 6.07) is 0.190. The van der Waals surface area contributed by atoms with Gasteiger partial charge in [-0.1, -0.05) is 11.6 Å². The molecule has 0 radical (unpaired) electrons. The van der Waals surface area contributed by atoms with Gasteiger partial charge in [-0.2, -0.15) is 4.98 Å². The van der Waals surface area contributed by atoms with Crippen molar-refractivity contribution in [2.75, 3.05) is 20.3 Å². The summed E-state index contributed by atoms with van der Waals surface area (Å²) < 4.78 is 15.2. The summed E-state index contributed by atoms with van der Waals surface area (Å²) in [6.45, 7) is 4.10. The van der Waals surface area contributed by atoms with Gasteiger partial charge in [-0.05, 0) is 26.3 Å². The Morgan fingerprint density at radius 2 is 2.33 bits per heavy atom. The van der Waals surface area contributed by atoms with E-state index in [1.54, 1.807) is 7.11 Å². The number of aromatic nitrogens is 2. The number of hydrogen-bond donors (Lipinski definition) is 0. The second kappa shape index (κ2) is 8.09. The Bertz CT molecular complexity index is 449. The molecule has 2 heterocycles. The van der Waals surface area contributed by atoms with Crippen LogP contribution in [0.2, 0.25) is 0 Å². The van der Waals surface area contributed by atoms with Crippen LogP contribution >= 0.6 is 0 Å². The fourth-order valence-corrected chi connectivity index (χ4v) is 2.63. The molecule has 1 aliphatic rings. The van der Waals surface area contributed by atoms with Gasteiger partial charge in [0.25, 0.3) is 0 Å². The fourth-order valence-electron chi connectivity index (χ4n) is 2.63. The van der Waals surface area contributed by atoms with Gasteiger partial charge in [0.1, 0.15) is 6.61 Å². The first-order valence-corrected chi connectivity index (χ1v) is 7.43. The normalized spacial score (nSPS) is 19.6. The molecule has 1 aromatic rings. The van der Waals surface area contributed by atoms with E-state index in [4.69, 9.17) is 14.0 Å². The van der Waals surface area contributed by atoms with Crippen molar-refractivity contribution in [3.05, 3.63) is 11.7 Å². The van der Waals surface area contributed by atoms with Crippen molar-refractivity contribution in [3.63, 3.8) is 0 Å². The summed E-state index contributed by atoms with van der Waals surface area (Å²) in [7, 11) is 1.59. The van der Waals surface area contributed by atoms with Crippen LogP contribution in [-0.4, -0.2) is 47.3 Å². The number of likely N-dealkylation sites (tertiary alicyclic amines) is 1. The zero-order valence-corrected chi connectivity index (χ0v) is 12.7. The molecule has 21 heavy (non-hydrogen) atoms. The van der Waals surface area contributed by atoms with Gasteiger partial charge in [-0.25, -0.2) is 0 Å². The van der Waals surface area contributed by atoms with Crippen LogP contribution in [-0.2, 0) is 27.4 Å². The molecule has 1 aromatic heterocycles. The van der Waals surface area contributed by atoms with E-state index in [2.05, 4.69) is 15.0 Å². The number of rotatable bonds is 7. The summed E-state index contributed by atoms with van der Waals surface area (Å²) in [5, 5.41) is 3.86. The molecule has 1 unspecified atom stereocenters. The van der Waals surface area contributed by atoms with Gasteiger partial charge in [0.15, 0.2) is 5.82 Å². The van der Waals surface area contributed by atoms with Crippen molar-refractivity contribution >= 4 is 5.97 Å². The summed E-state index contributed by atoms with van der Waals surface area (Å²) in [4.78, 5) is 18.2. The monoisotopic (exact) mass is 297 g/mol. The predicted octanol–water partition coefficient (Wildman–Crippen LogP) is 1.52. The third-order valence-electron chi connectivity index (χ3n) is 3.58. The fraction of sp³-hybridized carbons (Fsp3) is 0.786. The highest BCUT2D eigenvalue weighted by molar-refractivity contribution is 5.70. The lowest BCUT2D eigenvalue weighted by molar-refractivity contribution is -0.145. The summed E-state index contributed by atoms with van der Waals surface area (Å²) in [6.07, 6.45) is 3.68. The number of nitrogens with zero attached hydrogens (tertiary/aromatic N) is 3. The lowest BCUT2D eigenvalue weighted by atomic mass is 9.99. The lowest BCUT2D eigenvalue weighted by Gasteiger charge is -2.34. The van der Waals surface area contributed by atoms with Crippen LogP contribution in [0.5, 0.6) is 0 Å². The van der Waals surface area contributed by atoms with Gasteiger partial charge in [-0.3, -0.25) is 9.69 Å². The minimum Gasteiger partial charge on any atom is -0.466 e. The number of methoxy groups -OCH3 is 1. The number of carbonyl (C=O) groups excluding carboxylic acids is 1. The first-order valence-electron chi connectivity index (χ1n) is 7.43. The zero-order chi connectivity index (χ0) is 15.1. The smallest absolute Gasteiger partial charge is 0.307 e. The standard InChI is InChI=1S/C14H23N3O4/c1-3-20-14(18)8-11-6-4-5-7-17(11)9-13-15-12(10-19-2)16-21-13/h11H,3-10H2,1-2H3. The van der Waals surface area contributed by atoms with E-state index in [1.165, 1.54) is 0 Å². The van der Waals surface area contributed by atoms with Crippen molar-refractivity contribution in [1.82, 2.24) is 15.0 Å². The van der Waals surface area contributed by atoms with Crippen molar-refractivity contribution in [2.24, 2.45) is 0 Å². The Morgan fingerprint density at radius 3 is 3.10 bits per heavy atom. The summed E-state index contributed by atoms with van der Waals surface area (Å²) in [5.41, 5.74) is 0. The minimum atomic E-state index is -0.139. The molecule has 1 fully saturated rings. The highest BCUT2D eigenvalue weighted by Gasteiger charge is 2.26. The molecular formula is C14H23N3O4. The highest BCUT2D eigenvalue weighted by atomic mass is 16.5. The van der Waals surface area contributed by atoms with E-state index in [0.29, 0.717) is 37.9 Å². The predicted molar refractivity (Wildman–Crippen MR) is 74.3 cm³/mol. The first kappa shape index (κ1) is 15.9. The molecular weight excluding hydrogens is 274 g/mol. The van der Waals surface area contributed by atoms with E-state index < -0.39 is 0 Å². The highest BCUT2D eigenvalue weighted by Crippen LogP contribution is 2.22. The Kier molecular flexibility index (Phi) is 6.13. The molecule has 0 amide bonds. The molecule has 118 valence electrons. The molecule has 0 spiro atoms. The van der Waals surface area contributed by atoms with E-state index in [1.807, 2.05) is 6.92 Å². The molecule has 2 rings (SSSR count). The first-order chi connectivity index (χ1) is 10.2. The molecule has 0 aliphatic carbocycles. The quantitative estimate of drug-likeness (QED) is 0.706. The van der Waals surface area contributed by atoms with Crippen LogP contribution in [0.15, 0.2) is 4.52 Å². The van der Waals surface area contributed by atoms with Crippen LogP contribution in [0, 0.1) is 0 Å². The van der Waals surface area contributed by atoms with Gasteiger partial charge in [0.05, 0.1) is 19.6 Å². The second-order valence-corrected chi connectivity index (χ2v) is 5.17. The molecule has 0 N–H and O–H groups in total. The number of carbonyl (C=O) groups is 1. The average molecular weight is 297 g/mol. The van der Waals surface area contributed by atoms with Crippen LogP contribution < -0.4 is 0 Å². The number of hydrogen-bond acceptors (Lipinski definition) is 7. The Hall–Kier alpha value is -1.47. The van der Waals surface area contributed by atoms with Crippen molar-refractivity contribution in [1.29, 1.82) is 0 Å². The summed E-state index contributed by atoms with van der Waals surface area (Å²) >= 11 is 0. The van der Waals surface area contributed by atoms with Crippen LogP contribution in [0.4, 0.5) is 0 Å². The largest absolute Gasteiger partial charge is 0.466 e. The van der Waals surface area contributed by atoms with E-state index in [9.17, 15) is 4.79 Å². The molecule has 0 aromatic carbocycles. The number of esters is 1. The lowest BCUT2D eigenvalue weighted by Crippen LogP contribution is -2.40. The third-order valence-corrected chi connectivity index (χ3v) is 3.58. The van der Waals surface area contributed by atoms with E-state index >= 15 is 0 Å². The molecule has 1 atom stereocenters. The second-order valence-electron chi connectivity index (χ2n) is 5.17. The molecule has 7 heteroatoms. The van der Waals surface area contributed by atoms with Crippen LogP contribution in [0.25, 0.3) is 0 Å². The maximum atomic E-state index is 11.7.